The second-order valence-corrected chi connectivity index (χ2v) is 5.98. The van der Waals surface area contributed by atoms with E-state index in [1.165, 1.54) is 18.2 Å². The van der Waals surface area contributed by atoms with E-state index in [1.54, 1.807) is 18.2 Å². The Hall–Kier alpha value is -0.640. The van der Waals surface area contributed by atoms with E-state index in [0.717, 1.165) is 5.56 Å². The monoisotopic (exact) mass is 364 g/mol. The van der Waals surface area contributed by atoms with Crippen LogP contribution < -0.4 is 0 Å². The zero-order chi connectivity index (χ0) is 14.0. The molecule has 0 N–H and O–H groups in total. The van der Waals surface area contributed by atoms with Crippen LogP contribution in [0.4, 0.5) is 8.78 Å². The lowest BCUT2D eigenvalue weighted by molar-refractivity contribution is 0.553. The van der Waals surface area contributed by atoms with Crippen molar-refractivity contribution in [1.82, 2.24) is 0 Å². The van der Waals surface area contributed by atoms with Crippen LogP contribution >= 0.6 is 39.1 Å². The third kappa shape index (κ3) is 3.47. The minimum atomic E-state index is -0.568. The van der Waals surface area contributed by atoms with Crippen LogP contribution in [0.1, 0.15) is 16.0 Å². The van der Waals surface area contributed by atoms with E-state index in [9.17, 15) is 8.78 Å². The summed E-state index contributed by atoms with van der Waals surface area (Å²) in [5.41, 5.74) is 0.868. The second-order valence-electron chi connectivity index (χ2n) is 4.06. The highest BCUT2D eigenvalue weighted by Gasteiger charge is 2.18. The lowest BCUT2D eigenvalue weighted by Gasteiger charge is -2.12. The van der Waals surface area contributed by atoms with Gasteiger partial charge in [-0.05, 0) is 36.2 Å². The highest BCUT2D eigenvalue weighted by Crippen LogP contribution is 2.32. The average molecular weight is 366 g/mol. The van der Waals surface area contributed by atoms with Gasteiger partial charge in [0, 0.05) is 10.4 Å². The fourth-order valence-corrected chi connectivity index (χ4v) is 2.92. The van der Waals surface area contributed by atoms with Gasteiger partial charge < -0.3 is 0 Å². The summed E-state index contributed by atoms with van der Waals surface area (Å²) in [4.78, 5) is -0.467. The Bertz CT molecular complexity index is 582. The van der Waals surface area contributed by atoms with Crippen molar-refractivity contribution in [3.63, 3.8) is 0 Å². The number of hydrogen-bond acceptors (Lipinski definition) is 0. The van der Waals surface area contributed by atoms with Gasteiger partial charge in [-0.2, -0.15) is 0 Å². The van der Waals surface area contributed by atoms with Gasteiger partial charge in [-0.25, -0.2) is 8.78 Å². The molecular formula is C14H9BrCl2F2. The summed E-state index contributed by atoms with van der Waals surface area (Å²) < 4.78 is 27.3. The molecule has 0 aliphatic heterocycles. The van der Waals surface area contributed by atoms with Gasteiger partial charge in [-0.1, -0.05) is 51.3 Å². The number of rotatable bonds is 3. The Morgan fingerprint density at radius 3 is 2.21 bits per heavy atom. The lowest BCUT2D eigenvalue weighted by atomic mass is 10.0. The van der Waals surface area contributed by atoms with Crippen molar-refractivity contribution >= 4 is 39.1 Å². The van der Waals surface area contributed by atoms with Crippen molar-refractivity contribution in [2.24, 2.45) is 0 Å². The third-order valence-corrected chi connectivity index (χ3v) is 4.23. The summed E-state index contributed by atoms with van der Waals surface area (Å²) >= 11 is 15.0. The van der Waals surface area contributed by atoms with E-state index in [0.29, 0.717) is 16.5 Å². The molecule has 0 aliphatic carbocycles. The summed E-state index contributed by atoms with van der Waals surface area (Å²) in [5.74, 6) is -1.14. The molecule has 0 radical (unpaired) electrons. The first-order valence-electron chi connectivity index (χ1n) is 5.51. The number of alkyl halides is 1. The van der Waals surface area contributed by atoms with E-state index >= 15 is 0 Å². The maximum absolute atomic E-state index is 13.6. The molecule has 0 aromatic heterocycles. The Morgan fingerprint density at radius 1 is 1.00 bits per heavy atom. The summed E-state index contributed by atoms with van der Waals surface area (Å²) in [6.45, 7) is 0. The van der Waals surface area contributed by atoms with Crippen LogP contribution in [0.5, 0.6) is 0 Å². The molecule has 2 aromatic rings. The summed E-state index contributed by atoms with van der Waals surface area (Å²) in [5, 5.41) is 0.876. The molecule has 100 valence electrons. The average Bonchev–Trinajstić information content (AvgIpc) is 2.33. The van der Waals surface area contributed by atoms with Crippen molar-refractivity contribution in [1.29, 1.82) is 0 Å². The van der Waals surface area contributed by atoms with Crippen molar-refractivity contribution in [3.05, 3.63) is 69.2 Å². The molecule has 0 spiro atoms. The van der Waals surface area contributed by atoms with Crippen molar-refractivity contribution < 1.29 is 8.78 Å². The van der Waals surface area contributed by atoms with Gasteiger partial charge >= 0.3 is 0 Å². The predicted molar refractivity (Wildman–Crippen MR) is 78.2 cm³/mol. The largest absolute Gasteiger partial charge is 0.207 e. The van der Waals surface area contributed by atoms with Crippen LogP contribution in [0.15, 0.2) is 36.4 Å². The molecule has 5 heteroatoms. The maximum atomic E-state index is 13.6. The quantitative estimate of drug-likeness (QED) is 0.589. The molecule has 0 heterocycles. The number of halogens is 5. The van der Waals surface area contributed by atoms with E-state index < -0.39 is 16.5 Å². The van der Waals surface area contributed by atoms with Crippen molar-refractivity contribution in [2.75, 3.05) is 0 Å². The van der Waals surface area contributed by atoms with Crippen LogP contribution in [0, 0.1) is 11.6 Å². The second kappa shape index (κ2) is 6.21. The summed E-state index contributed by atoms with van der Waals surface area (Å²) in [6.07, 6.45) is 0.411. The molecule has 1 atom stereocenters. The van der Waals surface area contributed by atoms with Gasteiger partial charge in [0.15, 0.2) is 0 Å². The summed E-state index contributed by atoms with van der Waals surface area (Å²) in [7, 11) is 0. The lowest BCUT2D eigenvalue weighted by Crippen LogP contribution is -2.02. The molecule has 19 heavy (non-hydrogen) atoms. The Labute approximate surface area is 128 Å². The van der Waals surface area contributed by atoms with Gasteiger partial charge in [-0.3, -0.25) is 0 Å². The maximum Gasteiger partial charge on any atom is 0.130 e. The van der Waals surface area contributed by atoms with Crippen LogP contribution in [0.25, 0.3) is 0 Å². The zero-order valence-electron chi connectivity index (χ0n) is 9.64. The van der Waals surface area contributed by atoms with E-state index in [4.69, 9.17) is 23.2 Å². The molecule has 2 rings (SSSR count). The smallest absolute Gasteiger partial charge is 0.130 e. The number of benzene rings is 2. The standard InChI is InChI=1S/C14H9BrCl2F2/c15-9(14-12(18)2-1-3-13(14)19)6-8-4-5-10(16)11(17)7-8/h1-5,7,9H,6H2. The summed E-state index contributed by atoms with van der Waals surface area (Å²) in [6, 6.07) is 8.95. The minimum Gasteiger partial charge on any atom is -0.207 e. The molecule has 0 saturated heterocycles. The molecule has 0 aliphatic rings. The SMILES string of the molecule is Fc1cccc(F)c1C(Br)Cc1ccc(Cl)c(Cl)c1. The van der Waals surface area contributed by atoms with E-state index in [2.05, 4.69) is 15.9 Å². The van der Waals surface area contributed by atoms with Crippen LogP contribution in [0.2, 0.25) is 10.0 Å². The van der Waals surface area contributed by atoms with Gasteiger partial charge in [0.1, 0.15) is 11.6 Å². The van der Waals surface area contributed by atoms with Gasteiger partial charge in [-0.15, -0.1) is 0 Å². The molecular weight excluding hydrogens is 357 g/mol. The molecule has 2 aromatic carbocycles. The Kier molecular flexibility index (Phi) is 4.82. The fourth-order valence-electron chi connectivity index (χ4n) is 1.79. The molecule has 1 unspecified atom stereocenters. The van der Waals surface area contributed by atoms with Gasteiger partial charge in [0.25, 0.3) is 0 Å². The molecule has 0 saturated carbocycles. The zero-order valence-corrected chi connectivity index (χ0v) is 12.7. The van der Waals surface area contributed by atoms with E-state index in [-0.39, 0.29) is 5.56 Å². The molecule has 0 bridgehead atoms. The first-order chi connectivity index (χ1) is 8.99. The molecule has 0 nitrogen and oxygen atoms in total. The molecule has 0 amide bonds. The first-order valence-corrected chi connectivity index (χ1v) is 7.18. The highest BCUT2D eigenvalue weighted by molar-refractivity contribution is 9.09. The van der Waals surface area contributed by atoms with Crippen LogP contribution in [-0.2, 0) is 6.42 Å². The van der Waals surface area contributed by atoms with Crippen LogP contribution in [-0.4, -0.2) is 0 Å². The predicted octanol–water partition coefficient (Wildman–Crippen LogP) is 5.95. The van der Waals surface area contributed by atoms with E-state index in [1.807, 2.05) is 0 Å². The normalized spacial score (nSPS) is 12.5. The van der Waals surface area contributed by atoms with Gasteiger partial charge in [0.2, 0.25) is 0 Å². The topological polar surface area (TPSA) is 0 Å². The van der Waals surface area contributed by atoms with Gasteiger partial charge in [0.05, 0.1) is 10.0 Å². The fraction of sp³-hybridized carbons (Fsp3) is 0.143. The minimum absolute atomic E-state index is 0.0218. The van der Waals surface area contributed by atoms with Crippen LogP contribution in [0.3, 0.4) is 0 Å². The Balaban J connectivity index is 2.25. The van der Waals surface area contributed by atoms with Crippen molar-refractivity contribution in [2.45, 2.75) is 11.2 Å². The third-order valence-electron chi connectivity index (χ3n) is 2.71. The Morgan fingerprint density at radius 2 is 1.63 bits per heavy atom. The first kappa shape index (κ1) is 14.8. The van der Waals surface area contributed by atoms with Crippen molar-refractivity contribution in [3.8, 4) is 0 Å². The molecule has 0 fully saturated rings. The highest BCUT2D eigenvalue weighted by atomic mass is 79.9. The number of hydrogen-bond donors (Lipinski definition) is 0.